The van der Waals surface area contributed by atoms with Gasteiger partial charge in [0.25, 0.3) is 5.91 Å². The van der Waals surface area contributed by atoms with Crippen LogP contribution in [-0.2, 0) is 14.9 Å². The Morgan fingerprint density at radius 1 is 0.968 bits per heavy atom. The highest BCUT2D eigenvalue weighted by atomic mass is 35.5. The molecule has 0 aliphatic carbocycles. The summed E-state index contributed by atoms with van der Waals surface area (Å²) in [4.78, 5) is 14.8. The maximum absolute atomic E-state index is 13.0. The minimum atomic E-state index is -4.02. The van der Waals surface area contributed by atoms with Gasteiger partial charge in [0, 0.05) is 10.6 Å². The number of nitrogens with zero attached hydrogens (tertiary/aromatic N) is 1. The Labute approximate surface area is 194 Å². The number of thiocarbonyl (C=S) groups is 1. The lowest BCUT2D eigenvalue weighted by Gasteiger charge is -2.14. The number of rotatable bonds is 5. The second kappa shape index (κ2) is 8.84. The van der Waals surface area contributed by atoms with Gasteiger partial charge in [0.1, 0.15) is 10.6 Å². The molecule has 31 heavy (non-hydrogen) atoms. The topological polar surface area (TPSA) is 63.7 Å². The van der Waals surface area contributed by atoms with Crippen molar-refractivity contribution in [2.75, 3.05) is 4.90 Å². The first-order valence-electron chi connectivity index (χ1n) is 8.97. The number of para-hydroxylation sites is 1. The molecule has 3 aromatic carbocycles. The van der Waals surface area contributed by atoms with E-state index in [1.54, 1.807) is 66.7 Å². The van der Waals surface area contributed by atoms with Crippen molar-refractivity contribution < 1.29 is 17.4 Å². The van der Waals surface area contributed by atoms with E-state index in [9.17, 15) is 13.2 Å². The third-order valence-electron chi connectivity index (χ3n) is 4.30. The molecule has 0 radical (unpaired) electrons. The van der Waals surface area contributed by atoms with Crippen molar-refractivity contribution in [1.29, 1.82) is 0 Å². The van der Waals surface area contributed by atoms with Crippen molar-refractivity contribution in [3.05, 3.63) is 94.4 Å². The summed E-state index contributed by atoms with van der Waals surface area (Å²) in [6.45, 7) is 0. The van der Waals surface area contributed by atoms with Gasteiger partial charge in [-0.1, -0.05) is 78.0 Å². The van der Waals surface area contributed by atoms with Crippen LogP contribution in [0, 0.1) is 0 Å². The summed E-state index contributed by atoms with van der Waals surface area (Å²) >= 11 is 12.5. The zero-order chi connectivity index (χ0) is 22.0. The molecule has 5 nitrogen and oxygen atoms in total. The maximum Gasteiger partial charge on any atom is 0.339 e. The molecule has 1 saturated heterocycles. The SMILES string of the molecule is O=C1/C(=C/c2ccccc2OS(=O)(=O)c2ccccc2)SC(=S)N1c1cccc(Cl)c1. The molecule has 3 aromatic rings. The maximum atomic E-state index is 13.0. The fraction of sp³-hybridized carbons (Fsp3) is 0. The van der Waals surface area contributed by atoms with E-state index in [0.29, 0.717) is 25.5 Å². The number of carbonyl (C=O) groups excluding carboxylic acids is 1. The third-order valence-corrected chi connectivity index (χ3v) is 7.08. The number of amides is 1. The Hall–Kier alpha value is -2.65. The molecule has 0 N–H and O–H groups in total. The Morgan fingerprint density at radius 2 is 1.68 bits per heavy atom. The van der Waals surface area contributed by atoms with Crippen LogP contribution in [0.2, 0.25) is 5.02 Å². The second-order valence-electron chi connectivity index (χ2n) is 6.39. The highest BCUT2D eigenvalue weighted by molar-refractivity contribution is 8.27. The third kappa shape index (κ3) is 4.67. The molecule has 1 heterocycles. The quantitative estimate of drug-likeness (QED) is 0.268. The molecule has 0 bridgehead atoms. The first kappa shape index (κ1) is 21.6. The van der Waals surface area contributed by atoms with Crippen LogP contribution in [0.25, 0.3) is 6.08 Å². The molecule has 1 aliphatic heterocycles. The molecular formula is C22H14ClNO4S3. The van der Waals surface area contributed by atoms with Crippen molar-refractivity contribution in [3.63, 3.8) is 0 Å². The number of thioether (sulfide) groups is 1. The number of anilines is 1. The van der Waals surface area contributed by atoms with Crippen molar-refractivity contribution in [3.8, 4) is 5.75 Å². The highest BCUT2D eigenvalue weighted by Crippen LogP contribution is 2.38. The van der Waals surface area contributed by atoms with Gasteiger partial charge in [0.05, 0.1) is 10.6 Å². The zero-order valence-corrected chi connectivity index (χ0v) is 19.0. The van der Waals surface area contributed by atoms with Crippen molar-refractivity contribution in [2.24, 2.45) is 0 Å². The summed E-state index contributed by atoms with van der Waals surface area (Å²) in [6.07, 6.45) is 1.57. The lowest BCUT2D eigenvalue weighted by atomic mass is 10.2. The van der Waals surface area contributed by atoms with Crippen molar-refractivity contribution >= 4 is 67.7 Å². The van der Waals surface area contributed by atoms with Crippen LogP contribution in [0.5, 0.6) is 5.75 Å². The minimum absolute atomic E-state index is 0.0390. The van der Waals surface area contributed by atoms with Gasteiger partial charge in [-0.2, -0.15) is 8.42 Å². The van der Waals surface area contributed by atoms with E-state index >= 15 is 0 Å². The molecule has 0 atom stereocenters. The predicted octanol–water partition coefficient (Wildman–Crippen LogP) is 5.51. The summed E-state index contributed by atoms with van der Waals surface area (Å²) in [5.74, 6) is -0.211. The summed E-state index contributed by atoms with van der Waals surface area (Å²) in [7, 11) is -4.02. The van der Waals surface area contributed by atoms with Crippen LogP contribution in [0.3, 0.4) is 0 Å². The number of carbonyl (C=O) groups is 1. The van der Waals surface area contributed by atoms with Crippen molar-refractivity contribution in [1.82, 2.24) is 0 Å². The second-order valence-corrected chi connectivity index (χ2v) is 10.0. The molecule has 0 unspecified atom stereocenters. The number of hydrogen-bond acceptors (Lipinski definition) is 6. The summed E-state index contributed by atoms with van der Waals surface area (Å²) in [5.41, 5.74) is 1.00. The van der Waals surface area contributed by atoms with Gasteiger partial charge in [0.2, 0.25) is 0 Å². The Kier molecular flexibility index (Phi) is 6.15. The van der Waals surface area contributed by atoms with Gasteiger partial charge in [-0.15, -0.1) is 0 Å². The van der Waals surface area contributed by atoms with Crippen LogP contribution in [0.4, 0.5) is 5.69 Å². The lowest BCUT2D eigenvalue weighted by molar-refractivity contribution is -0.113. The van der Waals surface area contributed by atoms with Crippen LogP contribution in [0.1, 0.15) is 5.56 Å². The van der Waals surface area contributed by atoms with Crippen LogP contribution in [0.15, 0.2) is 88.7 Å². The molecule has 0 saturated carbocycles. The van der Waals surface area contributed by atoms with E-state index < -0.39 is 10.1 Å². The van der Waals surface area contributed by atoms with E-state index in [4.69, 9.17) is 28.0 Å². The van der Waals surface area contributed by atoms with Crippen LogP contribution < -0.4 is 9.08 Å². The molecule has 0 aromatic heterocycles. The molecule has 1 amide bonds. The fourth-order valence-electron chi connectivity index (χ4n) is 2.88. The number of halogens is 1. The summed E-state index contributed by atoms with van der Waals surface area (Å²) in [6, 6.07) is 21.3. The average molecular weight is 488 g/mol. The van der Waals surface area contributed by atoms with Gasteiger partial charge in [-0.3, -0.25) is 9.69 Å². The van der Waals surface area contributed by atoms with E-state index in [1.807, 2.05) is 0 Å². The monoisotopic (exact) mass is 487 g/mol. The summed E-state index contributed by atoms with van der Waals surface area (Å²) in [5, 5.41) is 0.486. The molecule has 1 aliphatic rings. The lowest BCUT2D eigenvalue weighted by Crippen LogP contribution is -2.27. The van der Waals surface area contributed by atoms with E-state index in [2.05, 4.69) is 0 Å². The average Bonchev–Trinajstić information content (AvgIpc) is 3.03. The first-order chi connectivity index (χ1) is 14.8. The van der Waals surface area contributed by atoms with Crippen LogP contribution >= 0.6 is 35.6 Å². The standard InChI is InChI=1S/C22H14ClNO4S3/c23-16-8-6-9-17(14-16)24-21(25)20(30-22(24)29)13-15-7-4-5-12-19(15)28-31(26,27)18-10-2-1-3-11-18/h1-14H/b20-13-. The normalized spacial score (nSPS) is 15.5. The van der Waals surface area contributed by atoms with Crippen molar-refractivity contribution in [2.45, 2.75) is 4.90 Å². The van der Waals surface area contributed by atoms with Gasteiger partial charge in [-0.25, -0.2) is 0 Å². The van der Waals surface area contributed by atoms with E-state index in [1.165, 1.54) is 23.1 Å². The Balaban J connectivity index is 1.66. The molecular weight excluding hydrogens is 474 g/mol. The summed E-state index contributed by atoms with van der Waals surface area (Å²) < 4.78 is 31.0. The molecule has 0 spiro atoms. The molecule has 1 fully saturated rings. The fourth-order valence-corrected chi connectivity index (χ4v) is 5.33. The minimum Gasteiger partial charge on any atom is -0.378 e. The van der Waals surface area contributed by atoms with E-state index in [-0.39, 0.29) is 16.6 Å². The first-order valence-corrected chi connectivity index (χ1v) is 12.0. The van der Waals surface area contributed by atoms with Gasteiger partial charge >= 0.3 is 10.1 Å². The predicted molar refractivity (Wildman–Crippen MR) is 128 cm³/mol. The molecule has 4 rings (SSSR count). The molecule has 156 valence electrons. The van der Waals surface area contributed by atoms with Gasteiger partial charge in [-0.05, 0) is 42.5 Å². The van der Waals surface area contributed by atoms with Gasteiger partial charge in [0.15, 0.2) is 4.32 Å². The Morgan fingerprint density at radius 3 is 2.42 bits per heavy atom. The number of hydrogen-bond donors (Lipinski definition) is 0. The smallest absolute Gasteiger partial charge is 0.339 e. The zero-order valence-electron chi connectivity index (χ0n) is 15.8. The van der Waals surface area contributed by atoms with Crippen LogP contribution in [-0.4, -0.2) is 18.6 Å². The highest BCUT2D eigenvalue weighted by Gasteiger charge is 2.33. The molecule has 9 heteroatoms. The Bertz CT molecular complexity index is 1310. The largest absolute Gasteiger partial charge is 0.378 e. The van der Waals surface area contributed by atoms with E-state index in [0.717, 1.165) is 11.8 Å². The van der Waals surface area contributed by atoms with Gasteiger partial charge < -0.3 is 4.18 Å². The number of benzene rings is 3.